The van der Waals surface area contributed by atoms with Crippen molar-refractivity contribution >= 4 is 10.9 Å². The minimum atomic E-state index is 0.439. The van der Waals surface area contributed by atoms with Gasteiger partial charge in [0.2, 0.25) is 0 Å². The van der Waals surface area contributed by atoms with E-state index in [9.17, 15) is 0 Å². The van der Waals surface area contributed by atoms with Gasteiger partial charge >= 0.3 is 0 Å². The van der Waals surface area contributed by atoms with Crippen LogP contribution in [0.2, 0.25) is 0 Å². The van der Waals surface area contributed by atoms with E-state index >= 15 is 0 Å². The highest BCUT2D eigenvalue weighted by Crippen LogP contribution is 2.50. The third-order valence-corrected chi connectivity index (χ3v) is 7.60. The van der Waals surface area contributed by atoms with E-state index in [1.54, 1.807) is 11.3 Å². The molecule has 2 aromatic rings. The maximum Gasteiger partial charge on any atom is 0.0846 e. The number of nitrogens with zero attached hydrogens (tertiary/aromatic N) is 3. The van der Waals surface area contributed by atoms with Crippen LogP contribution in [-0.2, 0) is 11.2 Å². The number of benzene rings is 1. The minimum Gasteiger partial charge on any atom is -0.379 e. The predicted molar refractivity (Wildman–Crippen MR) is 112 cm³/mol. The highest BCUT2D eigenvalue weighted by molar-refractivity contribution is 5.86. The summed E-state index contributed by atoms with van der Waals surface area (Å²) in [4.78, 5) is 5.32. The molecular weight excluding hydrogens is 348 g/mol. The van der Waals surface area contributed by atoms with Crippen LogP contribution in [0.15, 0.2) is 24.3 Å². The van der Waals surface area contributed by atoms with E-state index in [0.717, 1.165) is 45.3 Å². The predicted octanol–water partition coefficient (Wildman–Crippen LogP) is 2.77. The molecule has 0 bridgehead atoms. The molecule has 4 aliphatic heterocycles. The van der Waals surface area contributed by atoms with Crippen molar-refractivity contribution < 1.29 is 4.74 Å². The van der Waals surface area contributed by atoms with E-state index in [-0.39, 0.29) is 0 Å². The average Bonchev–Trinajstić information content (AvgIpc) is 3.09. The van der Waals surface area contributed by atoms with Gasteiger partial charge in [0.25, 0.3) is 0 Å². The normalized spacial score (nSPS) is 30.5. The van der Waals surface area contributed by atoms with Crippen molar-refractivity contribution in [2.45, 2.75) is 37.9 Å². The summed E-state index contributed by atoms with van der Waals surface area (Å²) < 4.78 is 8.20. The summed E-state index contributed by atoms with van der Waals surface area (Å²) in [5.41, 5.74) is 4.73. The van der Waals surface area contributed by atoms with Crippen molar-refractivity contribution in [3.8, 4) is 0 Å². The summed E-state index contributed by atoms with van der Waals surface area (Å²) in [5, 5.41) is 5.47. The molecule has 5 nitrogen and oxygen atoms in total. The third kappa shape index (κ3) is 2.75. The van der Waals surface area contributed by atoms with Gasteiger partial charge in [0, 0.05) is 49.3 Å². The number of nitrogens with one attached hydrogen (secondary N) is 1. The molecule has 0 radical (unpaired) electrons. The summed E-state index contributed by atoms with van der Waals surface area (Å²) in [6.45, 7) is 8.66. The zero-order chi connectivity index (χ0) is 18.5. The number of ether oxygens (including phenoxy) is 1. The highest BCUT2D eigenvalue weighted by Gasteiger charge is 2.44. The van der Waals surface area contributed by atoms with Crippen molar-refractivity contribution in [2.24, 2.45) is 5.92 Å². The van der Waals surface area contributed by atoms with Crippen molar-refractivity contribution in [2.75, 3.05) is 52.5 Å². The van der Waals surface area contributed by atoms with E-state index < -0.39 is 0 Å². The Morgan fingerprint density at radius 2 is 1.96 bits per heavy atom. The first-order valence-electron chi connectivity index (χ1n) is 11.3. The van der Waals surface area contributed by atoms with Crippen molar-refractivity contribution in [1.29, 1.82) is 0 Å². The topological polar surface area (TPSA) is 32.7 Å². The Morgan fingerprint density at radius 1 is 1.07 bits per heavy atom. The number of hydrogen-bond donors (Lipinski definition) is 1. The molecule has 5 heterocycles. The maximum absolute atomic E-state index is 5.50. The first-order valence-corrected chi connectivity index (χ1v) is 11.3. The fraction of sp³-hybridized carbons (Fsp3) is 0.652. The Kier molecular flexibility index (Phi) is 4.45. The SMILES string of the molecule is c1ccc2c(c1)c1c3n2C(NCCN2CCOCC2)CC2CCCN(CC1)C32. The molecule has 1 N–H and O–H groups in total. The first kappa shape index (κ1) is 17.5. The molecule has 1 aromatic heterocycles. The van der Waals surface area contributed by atoms with Crippen LogP contribution in [0.3, 0.4) is 0 Å². The molecule has 3 unspecified atom stereocenters. The zero-order valence-electron chi connectivity index (χ0n) is 16.8. The summed E-state index contributed by atoms with van der Waals surface area (Å²) in [6.07, 6.45) is 5.69. The zero-order valence-corrected chi connectivity index (χ0v) is 16.8. The number of morpholine rings is 1. The van der Waals surface area contributed by atoms with Crippen LogP contribution in [0, 0.1) is 5.92 Å². The molecule has 150 valence electrons. The second kappa shape index (κ2) is 7.13. The molecular formula is C23H32N4O. The van der Waals surface area contributed by atoms with Crippen LogP contribution in [0.4, 0.5) is 0 Å². The Labute approximate surface area is 167 Å². The highest BCUT2D eigenvalue weighted by atomic mass is 16.5. The van der Waals surface area contributed by atoms with E-state index in [4.69, 9.17) is 4.74 Å². The van der Waals surface area contributed by atoms with E-state index in [1.807, 2.05) is 0 Å². The number of hydrogen-bond acceptors (Lipinski definition) is 4. The fourth-order valence-electron chi connectivity index (χ4n) is 6.35. The maximum atomic E-state index is 5.50. The summed E-state index contributed by atoms with van der Waals surface area (Å²) >= 11 is 0. The fourth-order valence-corrected chi connectivity index (χ4v) is 6.35. The second-order valence-electron chi connectivity index (χ2n) is 9.04. The largest absolute Gasteiger partial charge is 0.379 e. The molecule has 4 aliphatic rings. The number of fused-ring (bicyclic) bond motifs is 3. The smallest absolute Gasteiger partial charge is 0.0846 e. The average molecular weight is 381 g/mol. The molecule has 6 rings (SSSR count). The van der Waals surface area contributed by atoms with E-state index in [0.29, 0.717) is 12.2 Å². The third-order valence-electron chi connectivity index (χ3n) is 7.60. The monoisotopic (exact) mass is 380 g/mol. The molecule has 2 fully saturated rings. The van der Waals surface area contributed by atoms with Gasteiger partial charge in [-0.05, 0) is 49.8 Å². The van der Waals surface area contributed by atoms with Gasteiger partial charge in [0.15, 0.2) is 0 Å². The molecule has 0 spiro atoms. The van der Waals surface area contributed by atoms with Crippen LogP contribution in [0.5, 0.6) is 0 Å². The summed E-state index contributed by atoms with van der Waals surface area (Å²) in [6, 6.07) is 9.79. The Hall–Kier alpha value is -1.40. The number of para-hydroxylation sites is 1. The lowest BCUT2D eigenvalue weighted by molar-refractivity contribution is 0.0319. The van der Waals surface area contributed by atoms with E-state index in [2.05, 4.69) is 43.9 Å². The van der Waals surface area contributed by atoms with Crippen LogP contribution in [-0.4, -0.2) is 66.8 Å². The Bertz CT molecular complexity index is 856. The van der Waals surface area contributed by atoms with Gasteiger partial charge in [0.1, 0.15) is 0 Å². The van der Waals surface area contributed by atoms with Crippen LogP contribution in [0.25, 0.3) is 10.9 Å². The quantitative estimate of drug-likeness (QED) is 0.884. The molecule has 0 amide bonds. The lowest BCUT2D eigenvalue weighted by atomic mass is 9.78. The first-order chi connectivity index (χ1) is 13.9. The lowest BCUT2D eigenvalue weighted by Gasteiger charge is -2.49. The number of piperidine rings is 1. The molecule has 28 heavy (non-hydrogen) atoms. The summed E-state index contributed by atoms with van der Waals surface area (Å²) in [5.74, 6) is 0.811. The molecule has 1 aromatic carbocycles. The van der Waals surface area contributed by atoms with E-state index in [1.165, 1.54) is 49.7 Å². The minimum absolute atomic E-state index is 0.439. The van der Waals surface area contributed by atoms with Gasteiger partial charge in [-0.1, -0.05) is 18.2 Å². The molecule has 0 saturated carbocycles. The van der Waals surface area contributed by atoms with Gasteiger partial charge in [-0.25, -0.2) is 0 Å². The van der Waals surface area contributed by atoms with Gasteiger partial charge < -0.3 is 9.30 Å². The lowest BCUT2D eigenvalue weighted by Crippen LogP contribution is -2.49. The molecule has 0 aliphatic carbocycles. The van der Waals surface area contributed by atoms with Gasteiger partial charge in [-0.15, -0.1) is 0 Å². The Balaban J connectivity index is 1.33. The standard InChI is InChI=1S/C23H32N4O/c1-2-6-20-18(5-1)19-7-10-26-9-3-4-17-16-21(27(20)23(19)22(17)26)24-8-11-25-12-14-28-15-13-25/h1-2,5-6,17,21-22,24H,3-4,7-16H2. The van der Waals surface area contributed by atoms with Gasteiger partial charge in [-0.3, -0.25) is 15.1 Å². The Morgan fingerprint density at radius 3 is 2.89 bits per heavy atom. The van der Waals surface area contributed by atoms with Crippen molar-refractivity contribution in [3.05, 3.63) is 35.5 Å². The molecule has 5 heteroatoms. The number of aromatic nitrogens is 1. The van der Waals surface area contributed by atoms with Crippen LogP contribution < -0.4 is 5.32 Å². The van der Waals surface area contributed by atoms with Crippen molar-refractivity contribution in [1.82, 2.24) is 19.7 Å². The number of rotatable bonds is 4. The second-order valence-corrected chi connectivity index (χ2v) is 9.04. The van der Waals surface area contributed by atoms with Gasteiger partial charge in [-0.2, -0.15) is 0 Å². The molecule has 3 atom stereocenters. The summed E-state index contributed by atoms with van der Waals surface area (Å²) in [7, 11) is 0. The molecule has 2 saturated heterocycles. The van der Waals surface area contributed by atoms with Crippen LogP contribution in [0.1, 0.15) is 42.7 Å². The van der Waals surface area contributed by atoms with Crippen molar-refractivity contribution in [3.63, 3.8) is 0 Å². The van der Waals surface area contributed by atoms with Gasteiger partial charge in [0.05, 0.1) is 25.4 Å². The van der Waals surface area contributed by atoms with Crippen LogP contribution >= 0.6 is 0 Å².